The van der Waals surface area contributed by atoms with Crippen LogP contribution in [0.3, 0.4) is 0 Å². The molecular formula is C17H22N4O. The number of benzene rings is 1. The summed E-state index contributed by atoms with van der Waals surface area (Å²) in [7, 11) is 1.72. The number of methoxy groups -OCH3 is 1. The fourth-order valence-corrected chi connectivity index (χ4v) is 3.13. The molecule has 0 aliphatic carbocycles. The maximum atomic E-state index is 5.71. The predicted octanol–water partition coefficient (Wildman–Crippen LogP) is 2.45. The Hall–Kier alpha value is -2.14. The highest BCUT2D eigenvalue weighted by atomic mass is 16.5. The van der Waals surface area contributed by atoms with E-state index in [1.807, 2.05) is 18.2 Å². The van der Waals surface area contributed by atoms with Crippen LogP contribution < -0.4 is 10.5 Å². The van der Waals surface area contributed by atoms with Gasteiger partial charge >= 0.3 is 0 Å². The summed E-state index contributed by atoms with van der Waals surface area (Å²) < 4.78 is 5.45. The van der Waals surface area contributed by atoms with Crippen LogP contribution in [0.15, 0.2) is 36.5 Å². The van der Waals surface area contributed by atoms with Crippen molar-refractivity contribution in [2.24, 2.45) is 0 Å². The second kappa shape index (κ2) is 6.75. The summed E-state index contributed by atoms with van der Waals surface area (Å²) in [4.78, 5) is 10.8. The summed E-state index contributed by atoms with van der Waals surface area (Å²) in [6.07, 6.45) is 4.07. The van der Waals surface area contributed by atoms with Crippen molar-refractivity contribution in [2.45, 2.75) is 25.3 Å². The first-order valence-electron chi connectivity index (χ1n) is 7.69. The third-order valence-electron chi connectivity index (χ3n) is 4.21. The molecule has 1 aliphatic heterocycles. The molecule has 0 radical (unpaired) electrons. The predicted molar refractivity (Wildman–Crippen MR) is 86.7 cm³/mol. The van der Waals surface area contributed by atoms with E-state index in [0.29, 0.717) is 11.9 Å². The molecule has 2 heterocycles. The van der Waals surface area contributed by atoms with E-state index in [1.54, 1.807) is 13.3 Å². The van der Waals surface area contributed by atoms with Gasteiger partial charge in [-0.2, -0.15) is 0 Å². The number of nitrogens with two attached hydrogens (primary N) is 1. The van der Waals surface area contributed by atoms with Gasteiger partial charge in [0, 0.05) is 30.8 Å². The lowest BCUT2D eigenvalue weighted by atomic mass is 9.94. The summed E-state index contributed by atoms with van der Waals surface area (Å²) in [5.41, 5.74) is 7.99. The Morgan fingerprint density at radius 1 is 1.32 bits per heavy atom. The molecule has 1 fully saturated rings. The van der Waals surface area contributed by atoms with Crippen LogP contribution in [0.25, 0.3) is 0 Å². The number of nitrogen functional groups attached to an aromatic ring is 1. The molecular weight excluding hydrogens is 276 g/mol. The van der Waals surface area contributed by atoms with Crippen LogP contribution in [0.4, 0.5) is 5.95 Å². The van der Waals surface area contributed by atoms with Crippen LogP contribution in [0.1, 0.15) is 30.0 Å². The number of aromatic nitrogens is 2. The molecule has 0 spiro atoms. The Morgan fingerprint density at radius 3 is 3.00 bits per heavy atom. The van der Waals surface area contributed by atoms with Crippen molar-refractivity contribution in [2.75, 3.05) is 25.9 Å². The molecule has 2 aromatic rings. The molecule has 0 bridgehead atoms. The van der Waals surface area contributed by atoms with E-state index in [9.17, 15) is 0 Å². The number of para-hydroxylation sites is 1. The molecule has 1 saturated heterocycles. The zero-order chi connectivity index (χ0) is 15.4. The minimum atomic E-state index is 0.361. The van der Waals surface area contributed by atoms with Crippen LogP contribution >= 0.6 is 0 Å². The number of likely N-dealkylation sites (tertiary alicyclic amines) is 1. The summed E-state index contributed by atoms with van der Waals surface area (Å²) in [5, 5.41) is 0. The molecule has 1 atom stereocenters. The first-order valence-corrected chi connectivity index (χ1v) is 7.69. The molecule has 22 heavy (non-hydrogen) atoms. The molecule has 0 saturated carbocycles. The third kappa shape index (κ3) is 3.36. The lowest BCUT2D eigenvalue weighted by Gasteiger charge is -2.32. The highest BCUT2D eigenvalue weighted by Crippen LogP contribution is 2.28. The molecule has 1 aromatic heterocycles. The fraction of sp³-hybridized carbons (Fsp3) is 0.412. The lowest BCUT2D eigenvalue weighted by molar-refractivity contribution is 0.196. The smallest absolute Gasteiger partial charge is 0.220 e. The lowest BCUT2D eigenvalue weighted by Crippen LogP contribution is -2.34. The van der Waals surface area contributed by atoms with Crippen molar-refractivity contribution in [3.63, 3.8) is 0 Å². The van der Waals surface area contributed by atoms with Crippen molar-refractivity contribution >= 4 is 5.95 Å². The fourth-order valence-electron chi connectivity index (χ4n) is 3.13. The zero-order valence-corrected chi connectivity index (χ0v) is 12.9. The van der Waals surface area contributed by atoms with Gasteiger partial charge in [0.15, 0.2) is 0 Å². The van der Waals surface area contributed by atoms with Crippen molar-refractivity contribution in [1.82, 2.24) is 14.9 Å². The Kier molecular flexibility index (Phi) is 4.53. The molecule has 2 N–H and O–H groups in total. The molecule has 116 valence electrons. The highest BCUT2D eigenvalue weighted by Gasteiger charge is 2.23. The summed E-state index contributed by atoms with van der Waals surface area (Å²) in [5.74, 6) is 1.74. The number of anilines is 1. The van der Waals surface area contributed by atoms with Gasteiger partial charge in [0.25, 0.3) is 0 Å². The second-order valence-electron chi connectivity index (χ2n) is 5.73. The van der Waals surface area contributed by atoms with E-state index in [0.717, 1.165) is 37.5 Å². The maximum Gasteiger partial charge on any atom is 0.220 e. The first kappa shape index (κ1) is 14.8. The van der Waals surface area contributed by atoms with Gasteiger partial charge in [0.2, 0.25) is 5.95 Å². The van der Waals surface area contributed by atoms with E-state index in [1.165, 1.54) is 12.0 Å². The van der Waals surface area contributed by atoms with Gasteiger partial charge in [-0.25, -0.2) is 9.97 Å². The van der Waals surface area contributed by atoms with Crippen molar-refractivity contribution in [1.29, 1.82) is 0 Å². The molecule has 1 unspecified atom stereocenters. The molecule has 5 nitrogen and oxygen atoms in total. The number of hydrogen-bond acceptors (Lipinski definition) is 5. The van der Waals surface area contributed by atoms with Crippen molar-refractivity contribution in [3.8, 4) is 5.75 Å². The van der Waals surface area contributed by atoms with Gasteiger partial charge in [-0.3, -0.25) is 4.90 Å². The van der Waals surface area contributed by atoms with E-state index >= 15 is 0 Å². The highest BCUT2D eigenvalue weighted by molar-refractivity contribution is 5.33. The largest absolute Gasteiger partial charge is 0.496 e. The number of hydrogen-bond donors (Lipinski definition) is 1. The summed E-state index contributed by atoms with van der Waals surface area (Å²) >= 11 is 0. The van der Waals surface area contributed by atoms with Crippen LogP contribution in [0.2, 0.25) is 0 Å². The maximum absolute atomic E-state index is 5.71. The van der Waals surface area contributed by atoms with Gasteiger partial charge in [-0.05, 0) is 31.5 Å². The monoisotopic (exact) mass is 298 g/mol. The van der Waals surface area contributed by atoms with Gasteiger partial charge < -0.3 is 10.5 Å². The normalized spacial score (nSPS) is 19.0. The van der Waals surface area contributed by atoms with E-state index < -0.39 is 0 Å². The molecule has 3 rings (SSSR count). The van der Waals surface area contributed by atoms with Gasteiger partial charge in [-0.1, -0.05) is 18.2 Å². The van der Waals surface area contributed by atoms with E-state index in [-0.39, 0.29) is 0 Å². The Morgan fingerprint density at radius 2 is 2.18 bits per heavy atom. The van der Waals surface area contributed by atoms with E-state index in [4.69, 9.17) is 10.5 Å². The standard InChI is InChI=1S/C17H22N4O/c1-22-16-7-3-2-5-14(16)12-21-10-4-6-13(11-21)15-8-9-19-17(18)20-15/h2-3,5,7-9,13H,4,6,10-12H2,1H3,(H2,18,19,20). The van der Waals surface area contributed by atoms with Crippen LogP contribution in [-0.4, -0.2) is 35.1 Å². The minimum Gasteiger partial charge on any atom is -0.496 e. The topological polar surface area (TPSA) is 64.3 Å². The summed E-state index contributed by atoms with van der Waals surface area (Å²) in [6.45, 7) is 3.00. The van der Waals surface area contributed by atoms with Gasteiger partial charge in [0.1, 0.15) is 5.75 Å². The SMILES string of the molecule is COc1ccccc1CN1CCCC(c2ccnc(N)n2)C1. The Bertz CT molecular complexity index is 632. The Balaban J connectivity index is 1.70. The van der Waals surface area contributed by atoms with Crippen molar-refractivity contribution < 1.29 is 4.74 Å². The number of nitrogens with zero attached hydrogens (tertiary/aromatic N) is 3. The summed E-state index contributed by atoms with van der Waals surface area (Å²) in [6, 6.07) is 10.2. The average Bonchev–Trinajstić information content (AvgIpc) is 2.56. The number of piperidine rings is 1. The van der Waals surface area contributed by atoms with Crippen LogP contribution in [0.5, 0.6) is 5.75 Å². The van der Waals surface area contributed by atoms with Crippen LogP contribution in [-0.2, 0) is 6.54 Å². The zero-order valence-electron chi connectivity index (χ0n) is 12.9. The van der Waals surface area contributed by atoms with Crippen LogP contribution in [0, 0.1) is 0 Å². The Labute approximate surface area is 131 Å². The molecule has 1 aromatic carbocycles. The van der Waals surface area contributed by atoms with Gasteiger partial charge in [-0.15, -0.1) is 0 Å². The molecule has 0 amide bonds. The first-order chi connectivity index (χ1) is 10.8. The third-order valence-corrected chi connectivity index (χ3v) is 4.21. The quantitative estimate of drug-likeness (QED) is 0.939. The van der Waals surface area contributed by atoms with Gasteiger partial charge in [0.05, 0.1) is 12.8 Å². The number of rotatable bonds is 4. The number of ether oxygens (including phenoxy) is 1. The average molecular weight is 298 g/mol. The van der Waals surface area contributed by atoms with E-state index in [2.05, 4.69) is 27.0 Å². The molecule has 1 aliphatic rings. The molecule has 5 heteroatoms. The minimum absolute atomic E-state index is 0.361. The second-order valence-corrected chi connectivity index (χ2v) is 5.73. The van der Waals surface area contributed by atoms with Crippen molar-refractivity contribution in [3.05, 3.63) is 47.8 Å².